The lowest BCUT2D eigenvalue weighted by Gasteiger charge is -2.22. The average Bonchev–Trinajstić information content (AvgIpc) is 2.28. The van der Waals surface area contributed by atoms with Gasteiger partial charge in [0.05, 0.1) is 0 Å². The fourth-order valence-electron chi connectivity index (χ4n) is 1.75. The van der Waals surface area contributed by atoms with E-state index in [1.807, 2.05) is 5.43 Å². The summed E-state index contributed by atoms with van der Waals surface area (Å²) in [5, 5.41) is -2.07. The molecule has 17 heavy (non-hydrogen) atoms. The molecule has 1 aromatic heterocycles. The average molecular weight is 258 g/mol. The number of nitrogens with zero attached hydrogens (tertiary/aromatic N) is 1. The maximum Gasteiger partial charge on any atom is 0.342 e. The Morgan fingerprint density at radius 1 is 1.35 bits per heavy atom. The van der Waals surface area contributed by atoms with E-state index in [0.717, 1.165) is 5.39 Å². The Hall–Kier alpha value is -1.30. The molecule has 3 nitrogen and oxygen atoms in total. The van der Waals surface area contributed by atoms with Crippen LogP contribution in [-0.2, 0) is 0 Å². The summed E-state index contributed by atoms with van der Waals surface area (Å²) in [6.45, 7) is 0. The van der Waals surface area contributed by atoms with E-state index in [2.05, 4.69) is 4.98 Å². The Bertz CT molecular complexity index is 522. The molecule has 6 heteroatoms. The molecule has 0 saturated carbocycles. The van der Waals surface area contributed by atoms with Crippen molar-refractivity contribution in [1.29, 1.82) is 0 Å². The highest BCUT2D eigenvalue weighted by Gasteiger charge is 2.38. The molecule has 0 radical (unpaired) electrons. The summed E-state index contributed by atoms with van der Waals surface area (Å²) in [6.07, 6.45) is 3.10. The molecule has 0 aliphatic carbocycles. The van der Waals surface area contributed by atoms with Gasteiger partial charge in [0, 0.05) is 17.8 Å². The SMILES string of the molecule is NNC(c1cccc2ccncc12)C(F)(F)Cl. The first-order chi connectivity index (χ1) is 8.04. The number of rotatable bonds is 3. The molecule has 0 spiro atoms. The summed E-state index contributed by atoms with van der Waals surface area (Å²) in [7, 11) is 0. The molecule has 0 fully saturated rings. The highest BCUT2D eigenvalue weighted by Crippen LogP contribution is 2.37. The summed E-state index contributed by atoms with van der Waals surface area (Å²) in [6, 6.07) is 5.30. The summed E-state index contributed by atoms with van der Waals surface area (Å²) in [4.78, 5) is 3.92. The molecule has 1 aromatic carbocycles. The molecule has 1 unspecified atom stereocenters. The van der Waals surface area contributed by atoms with Crippen LogP contribution in [0.3, 0.4) is 0 Å². The van der Waals surface area contributed by atoms with Crippen LogP contribution in [0.5, 0.6) is 0 Å². The number of hydrazine groups is 1. The largest absolute Gasteiger partial charge is 0.342 e. The van der Waals surface area contributed by atoms with Crippen LogP contribution in [-0.4, -0.2) is 10.4 Å². The Morgan fingerprint density at radius 2 is 2.12 bits per heavy atom. The third-order valence-corrected chi connectivity index (χ3v) is 2.74. The van der Waals surface area contributed by atoms with E-state index in [9.17, 15) is 8.78 Å². The minimum absolute atomic E-state index is 0.318. The summed E-state index contributed by atoms with van der Waals surface area (Å²) < 4.78 is 26.4. The number of halogens is 3. The van der Waals surface area contributed by atoms with E-state index in [1.54, 1.807) is 30.5 Å². The molecule has 0 amide bonds. The minimum Gasteiger partial charge on any atom is -0.271 e. The maximum absolute atomic E-state index is 13.2. The van der Waals surface area contributed by atoms with Crippen LogP contribution in [0.1, 0.15) is 11.6 Å². The van der Waals surface area contributed by atoms with Crippen LogP contribution in [0.15, 0.2) is 36.7 Å². The molecule has 3 N–H and O–H groups in total. The maximum atomic E-state index is 13.2. The number of hydrogen-bond donors (Lipinski definition) is 2. The lowest BCUT2D eigenvalue weighted by atomic mass is 10.0. The lowest BCUT2D eigenvalue weighted by Crippen LogP contribution is -2.37. The van der Waals surface area contributed by atoms with Crippen LogP contribution in [0.25, 0.3) is 10.8 Å². The zero-order valence-electron chi connectivity index (χ0n) is 8.70. The predicted octanol–water partition coefficient (Wildman–Crippen LogP) is 2.57. The van der Waals surface area contributed by atoms with E-state index >= 15 is 0 Å². The third-order valence-electron chi connectivity index (χ3n) is 2.52. The normalized spacial score (nSPS) is 13.9. The number of nitrogens with two attached hydrogens (primary N) is 1. The van der Waals surface area contributed by atoms with E-state index in [4.69, 9.17) is 17.4 Å². The van der Waals surface area contributed by atoms with E-state index in [-0.39, 0.29) is 0 Å². The first-order valence-corrected chi connectivity index (χ1v) is 5.27. The second kappa shape index (κ2) is 4.52. The van der Waals surface area contributed by atoms with Crippen molar-refractivity contribution in [3.05, 3.63) is 42.2 Å². The molecule has 0 aliphatic rings. The second-order valence-electron chi connectivity index (χ2n) is 3.59. The van der Waals surface area contributed by atoms with Gasteiger partial charge in [0.2, 0.25) is 0 Å². The molecule has 0 bridgehead atoms. The molecule has 1 heterocycles. The number of benzene rings is 1. The van der Waals surface area contributed by atoms with Gasteiger partial charge < -0.3 is 0 Å². The Kier molecular flexibility index (Phi) is 3.24. The predicted molar refractivity (Wildman–Crippen MR) is 62.6 cm³/mol. The summed E-state index contributed by atoms with van der Waals surface area (Å²) >= 11 is 5.04. The van der Waals surface area contributed by atoms with Crippen molar-refractivity contribution in [3.63, 3.8) is 0 Å². The van der Waals surface area contributed by atoms with Crippen molar-refractivity contribution < 1.29 is 8.78 Å². The zero-order valence-corrected chi connectivity index (χ0v) is 9.46. The zero-order chi connectivity index (χ0) is 12.5. The van der Waals surface area contributed by atoms with Crippen molar-refractivity contribution in [2.75, 3.05) is 0 Å². The van der Waals surface area contributed by atoms with Crippen LogP contribution in [0.2, 0.25) is 0 Å². The van der Waals surface area contributed by atoms with Gasteiger partial charge >= 0.3 is 5.38 Å². The smallest absolute Gasteiger partial charge is 0.271 e. The van der Waals surface area contributed by atoms with Gasteiger partial charge in [-0.2, -0.15) is 8.78 Å². The molecule has 1 atom stereocenters. The van der Waals surface area contributed by atoms with Crippen molar-refractivity contribution >= 4 is 22.4 Å². The summed E-state index contributed by atoms with van der Waals surface area (Å²) in [5.41, 5.74) is 2.36. The highest BCUT2D eigenvalue weighted by atomic mass is 35.5. The van der Waals surface area contributed by atoms with Crippen LogP contribution >= 0.6 is 11.6 Å². The molecular formula is C11H10ClF2N3. The quantitative estimate of drug-likeness (QED) is 0.505. The first kappa shape index (κ1) is 12.2. The number of fused-ring (bicyclic) bond motifs is 1. The second-order valence-corrected chi connectivity index (χ2v) is 4.09. The topological polar surface area (TPSA) is 50.9 Å². The standard InChI is InChI=1S/C11H10ClF2N3/c12-11(13,14)10(17-15)8-3-1-2-7-4-5-16-6-9(7)8/h1-6,10,17H,15H2. The molecule has 0 aliphatic heterocycles. The number of nitrogens with one attached hydrogen (secondary N) is 1. The number of aromatic nitrogens is 1. The number of hydrogen-bond acceptors (Lipinski definition) is 3. The van der Waals surface area contributed by atoms with Crippen LogP contribution in [0.4, 0.5) is 8.78 Å². The van der Waals surface area contributed by atoms with Gasteiger partial charge in [-0.3, -0.25) is 10.8 Å². The van der Waals surface area contributed by atoms with Gasteiger partial charge in [-0.1, -0.05) is 18.2 Å². The molecule has 2 aromatic rings. The van der Waals surface area contributed by atoms with E-state index < -0.39 is 11.4 Å². The van der Waals surface area contributed by atoms with Crippen LogP contribution < -0.4 is 11.3 Å². The van der Waals surface area contributed by atoms with Crippen molar-refractivity contribution in [2.45, 2.75) is 11.4 Å². The van der Waals surface area contributed by atoms with E-state index in [0.29, 0.717) is 10.9 Å². The molecule has 0 saturated heterocycles. The van der Waals surface area contributed by atoms with Gasteiger partial charge in [0.1, 0.15) is 6.04 Å². The number of alkyl halides is 3. The lowest BCUT2D eigenvalue weighted by molar-refractivity contribution is 0.0503. The Morgan fingerprint density at radius 3 is 2.76 bits per heavy atom. The van der Waals surface area contributed by atoms with Gasteiger partial charge in [-0.05, 0) is 28.6 Å². The molecule has 90 valence electrons. The van der Waals surface area contributed by atoms with Gasteiger partial charge in [-0.15, -0.1) is 0 Å². The van der Waals surface area contributed by atoms with Crippen molar-refractivity contribution in [3.8, 4) is 0 Å². The van der Waals surface area contributed by atoms with Crippen molar-refractivity contribution in [2.24, 2.45) is 5.84 Å². The first-order valence-electron chi connectivity index (χ1n) is 4.89. The third kappa shape index (κ3) is 2.36. The van der Waals surface area contributed by atoms with Crippen LogP contribution in [0, 0.1) is 0 Å². The van der Waals surface area contributed by atoms with Crippen molar-refractivity contribution in [1.82, 2.24) is 10.4 Å². The fourth-order valence-corrected chi connectivity index (χ4v) is 1.93. The minimum atomic E-state index is -3.47. The van der Waals surface area contributed by atoms with Gasteiger partial charge in [0.25, 0.3) is 0 Å². The molecular weight excluding hydrogens is 248 g/mol. The summed E-state index contributed by atoms with van der Waals surface area (Å²) in [5.74, 6) is 5.15. The number of pyridine rings is 1. The molecule has 2 rings (SSSR count). The highest BCUT2D eigenvalue weighted by molar-refractivity contribution is 6.22. The monoisotopic (exact) mass is 257 g/mol. The van der Waals surface area contributed by atoms with Gasteiger partial charge in [0.15, 0.2) is 0 Å². The Labute approximate surface area is 102 Å². The Balaban J connectivity index is 2.62. The van der Waals surface area contributed by atoms with E-state index in [1.165, 1.54) is 6.20 Å². The fraction of sp³-hybridized carbons (Fsp3) is 0.182. The van der Waals surface area contributed by atoms with Gasteiger partial charge in [-0.25, -0.2) is 5.43 Å².